The Bertz CT molecular complexity index is 2880. The first-order valence-electron chi connectivity index (χ1n) is 19.2. The Kier molecular flexibility index (Phi) is 10.8. The van der Waals surface area contributed by atoms with Gasteiger partial charge in [-0.15, -0.1) is 0 Å². The number of rotatable bonds is 11. The van der Waals surface area contributed by atoms with Gasteiger partial charge in [-0.25, -0.2) is 16.8 Å². The SMILES string of the molecule is Cc1ccc(S(=O)(=O)c2ccc(-c3ccc(C(=O)c4cccc(-c5cccc(C(=O)c6ccc(-c7ccc(S(=O)(=O)c8ccc(C)cc8)cc7)cc6)c5)c4)cc3)cc2)cc1. The van der Waals surface area contributed by atoms with Crippen molar-refractivity contribution in [1.82, 2.24) is 0 Å². The van der Waals surface area contributed by atoms with Gasteiger partial charge in [0.2, 0.25) is 19.7 Å². The molecule has 60 heavy (non-hydrogen) atoms. The van der Waals surface area contributed by atoms with E-state index in [-0.39, 0.29) is 31.1 Å². The molecule has 6 nitrogen and oxygen atoms in total. The first kappa shape index (κ1) is 39.8. The van der Waals surface area contributed by atoms with Crippen molar-refractivity contribution in [1.29, 1.82) is 0 Å². The standard InChI is InChI=1S/C52H38O6S2/c1-35-9-25-47(26-10-35)59(55,56)49-29-21-39(22-30-49)37-13-17-41(18-14-37)51(53)45-7-3-5-43(33-45)44-6-4-8-46(34-44)52(54)42-19-15-38(16-20-42)40-23-31-50(32-24-40)60(57,58)48-27-11-36(2)12-28-48/h3-34H,1-2H3. The molecule has 8 aromatic rings. The summed E-state index contributed by atoms with van der Waals surface area (Å²) in [4.78, 5) is 28.2. The van der Waals surface area contributed by atoms with Crippen LogP contribution >= 0.6 is 0 Å². The van der Waals surface area contributed by atoms with Gasteiger partial charge in [0.1, 0.15) is 0 Å². The summed E-state index contributed by atoms with van der Waals surface area (Å²) in [5.74, 6) is -0.310. The number of hydrogen-bond acceptors (Lipinski definition) is 6. The number of aryl methyl sites for hydroxylation is 2. The number of ketones is 2. The Morgan fingerprint density at radius 2 is 0.567 bits per heavy atom. The molecule has 0 aliphatic heterocycles. The molecule has 8 aromatic carbocycles. The van der Waals surface area contributed by atoms with E-state index in [0.717, 1.165) is 44.5 Å². The molecule has 0 radical (unpaired) electrons. The fourth-order valence-corrected chi connectivity index (χ4v) is 9.52. The summed E-state index contributed by atoms with van der Waals surface area (Å²) in [5.41, 5.74) is 8.88. The Balaban J connectivity index is 0.941. The van der Waals surface area contributed by atoms with Crippen LogP contribution in [0.5, 0.6) is 0 Å². The largest absolute Gasteiger partial charge is 0.289 e. The van der Waals surface area contributed by atoms with Gasteiger partial charge in [0.05, 0.1) is 19.6 Å². The highest BCUT2D eigenvalue weighted by Gasteiger charge is 2.19. The number of sulfone groups is 2. The minimum atomic E-state index is -3.64. The van der Waals surface area contributed by atoms with Crippen LogP contribution in [0, 0.1) is 13.8 Å². The summed E-state index contributed by atoms with van der Waals surface area (Å²) in [7, 11) is -7.29. The number of carbonyl (C=O) groups excluding carboxylic acids is 2. The predicted molar refractivity (Wildman–Crippen MR) is 236 cm³/mol. The second kappa shape index (κ2) is 16.3. The summed E-state index contributed by atoms with van der Waals surface area (Å²) in [6.07, 6.45) is 0. The van der Waals surface area contributed by atoms with Crippen LogP contribution in [0.4, 0.5) is 0 Å². The lowest BCUT2D eigenvalue weighted by atomic mass is 9.94. The molecule has 0 fully saturated rings. The maximum atomic E-state index is 13.7. The van der Waals surface area contributed by atoms with Crippen molar-refractivity contribution in [2.75, 3.05) is 0 Å². The van der Waals surface area contributed by atoms with E-state index in [1.54, 1.807) is 133 Å². The van der Waals surface area contributed by atoms with Gasteiger partial charge in [-0.3, -0.25) is 9.59 Å². The summed E-state index contributed by atoms with van der Waals surface area (Å²) in [5, 5.41) is 0. The highest BCUT2D eigenvalue weighted by atomic mass is 32.2. The molecule has 0 unspecified atom stereocenters. The van der Waals surface area contributed by atoms with Gasteiger partial charge in [-0.1, -0.05) is 145 Å². The molecular weight excluding hydrogens is 785 g/mol. The highest BCUT2D eigenvalue weighted by Crippen LogP contribution is 2.29. The predicted octanol–water partition coefficient (Wildman–Crippen LogP) is 11.4. The minimum absolute atomic E-state index is 0.155. The Hall–Kier alpha value is -7.00. The third-order valence-electron chi connectivity index (χ3n) is 10.5. The minimum Gasteiger partial charge on any atom is -0.289 e. The van der Waals surface area contributed by atoms with Crippen molar-refractivity contribution in [2.45, 2.75) is 33.4 Å². The monoisotopic (exact) mass is 822 g/mol. The molecule has 8 rings (SSSR count). The maximum absolute atomic E-state index is 13.7. The Labute approximate surface area is 350 Å². The fraction of sp³-hybridized carbons (Fsp3) is 0.0385. The molecule has 0 amide bonds. The molecule has 0 saturated carbocycles. The van der Waals surface area contributed by atoms with Gasteiger partial charge in [-0.05, 0) is 108 Å². The normalized spacial score (nSPS) is 11.6. The van der Waals surface area contributed by atoms with Gasteiger partial charge in [0.15, 0.2) is 11.6 Å². The van der Waals surface area contributed by atoms with Crippen molar-refractivity contribution in [3.63, 3.8) is 0 Å². The molecule has 0 aromatic heterocycles. The molecule has 0 bridgehead atoms. The van der Waals surface area contributed by atoms with E-state index in [0.29, 0.717) is 22.3 Å². The second-order valence-electron chi connectivity index (χ2n) is 14.7. The summed E-state index contributed by atoms with van der Waals surface area (Å²) in [6.45, 7) is 3.82. The first-order valence-corrected chi connectivity index (χ1v) is 22.2. The fourth-order valence-electron chi connectivity index (χ4n) is 7.00. The van der Waals surface area contributed by atoms with Crippen molar-refractivity contribution >= 4 is 31.2 Å². The van der Waals surface area contributed by atoms with Gasteiger partial charge < -0.3 is 0 Å². The smallest absolute Gasteiger partial charge is 0.206 e. The zero-order valence-electron chi connectivity index (χ0n) is 32.7. The lowest BCUT2D eigenvalue weighted by Crippen LogP contribution is -2.03. The van der Waals surface area contributed by atoms with Crippen LogP contribution in [0.1, 0.15) is 43.0 Å². The van der Waals surface area contributed by atoms with E-state index in [2.05, 4.69) is 0 Å². The Morgan fingerprint density at radius 1 is 0.300 bits per heavy atom. The summed E-state index contributed by atoms with van der Waals surface area (Å²) < 4.78 is 52.5. The molecule has 0 saturated heterocycles. The van der Waals surface area contributed by atoms with Gasteiger partial charge in [0, 0.05) is 22.3 Å². The zero-order valence-corrected chi connectivity index (χ0v) is 34.4. The molecule has 0 atom stereocenters. The van der Waals surface area contributed by atoms with E-state index in [4.69, 9.17) is 0 Å². The van der Waals surface area contributed by atoms with Crippen molar-refractivity contribution < 1.29 is 26.4 Å². The maximum Gasteiger partial charge on any atom is 0.206 e. The van der Waals surface area contributed by atoms with Crippen LogP contribution in [0.2, 0.25) is 0 Å². The number of benzene rings is 8. The Morgan fingerprint density at radius 3 is 0.867 bits per heavy atom. The van der Waals surface area contributed by atoms with E-state index < -0.39 is 19.7 Å². The quantitative estimate of drug-likeness (QED) is 0.120. The third kappa shape index (κ3) is 8.16. The lowest BCUT2D eigenvalue weighted by Gasteiger charge is -2.09. The third-order valence-corrected chi connectivity index (χ3v) is 14.1. The highest BCUT2D eigenvalue weighted by molar-refractivity contribution is 7.91. The summed E-state index contributed by atoms with van der Waals surface area (Å²) >= 11 is 0. The van der Waals surface area contributed by atoms with E-state index >= 15 is 0 Å². The van der Waals surface area contributed by atoms with Gasteiger partial charge in [0.25, 0.3) is 0 Å². The summed E-state index contributed by atoms with van der Waals surface area (Å²) in [6, 6.07) is 56.0. The average molecular weight is 823 g/mol. The van der Waals surface area contributed by atoms with Gasteiger partial charge in [-0.2, -0.15) is 0 Å². The van der Waals surface area contributed by atoms with Crippen molar-refractivity contribution in [3.05, 3.63) is 228 Å². The van der Waals surface area contributed by atoms with Crippen LogP contribution in [-0.2, 0) is 19.7 Å². The van der Waals surface area contributed by atoms with Crippen LogP contribution in [0.3, 0.4) is 0 Å². The molecule has 0 N–H and O–H groups in total. The van der Waals surface area contributed by atoms with Crippen LogP contribution in [0.25, 0.3) is 33.4 Å². The van der Waals surface area contributed by atoms with Crippen LogP contribution < -0.4 is 0 Å². The molecular formula is C52H38O6S2. The topological polar surface area (TPSA) is 102 Å². The molecule has 0 spiro atoms. The number of carbonyl (C=O) groups is 2. The van der Waals surface area contributed by atoms with E-state index in [9.17, 15) is 26.4 Å². The molecule has 0 aliphatic carbocycles. The molecule has 294 valence electrons. The van der Waals surface area contributed by atoms with Crippen molar-refractivity contribution in [3.8, 4) is 33.4 Å². The van der Waals surface area contributed by atoms with E-state index in [1.165, 1.54) is 0 Å². The average Bonchev–Trinajstić information content (AvgIpc) is 3.29. The van der Waals surface area contributed by atoms with Crippen molar-refractivity contribution in [2.24, 2.45) is 0 Å². The number of hydrogen-bond donors (Lipinski definition) is 0. The second-order valence-corrected chi connectivity index (χ2v) is 18.6. The zero-order chi connectivity index (χ0) is 42.0. The first-order chi connectivity index (χ1) is 28.9. The molecule has 8 heteroatoms. The van der Waals surface area contributed by atoms with Crippen LogP contribution in [-0.4, -0.2) is 28.4 Å². The molecule has 0 heterocycles. The molecule has 0 aliphatic rings. The lowest BCUT2D eigenvalue weighted by molar-refractivity contribution is 0.103. The van der Waals surface area contributed by atoms with E-state index in [1.807, 2.05) is 74.5 Å². The van der Waals surface area contributed by atoms with Crippen LogP contribution in [0.15, 0.2) is 214 Å². The van der Waals surface area contributed by atoms with Gasteiger partial charge >= 0.3 is 0 Å².